The lowest BCUT2D eigenvalue weighted by molar-refractivity contribution is 0.244. The van der Waals surface area contributed by atoms with E-state index in [0.717, 1.165) is 36.3 Å². The van der Waals surface area contributed by atoms with E-state index in [1.807, 2.05) is 6.07 Å². The van der Waals surface area contributed by atoms with E-state index >= 15 is 0 Å². The zero-order valence-electron chi connectivity index (χ0n) is 15.7. The monoisotopic (exact) mass is 401 g/mol. The minimum Gasteiger partial charge on any atom is -0.306 e. The summed E-state index contributed by atoms with van der Waals surface area (Å²) in [5, 5.41) is 2.20. The fraction of sp³-hybridized carbons (Fsp3) is 0.182. The Morgan fingerprint density at radius 3 is 2.72 bits per heavy atom. The summed E-state index contributed by atoms with van der Waals surface area (Å²) in [4.78, 5) is 31.9. The van der Waals surface area contributed by atoms with Crippen molar-refractivity contribution in [3.63, 3.8) is 0 Å². The van der Waals surface area contributed by atoms with Gasteiger partial charge in [-0.2, -0.15) is 0 Å². The second kappa shape index (κ2) is 7.69. The minimum atomic E-state index is -0.0743. The molecule has 7 heteroatoms. The van der Waals surface area contributed by atoms with Crippen LogP contribution in [-0.4, -0.2) is 31.4 Å². The number of aromatic nitrogens is 4. The average Bonchev–Trinajstić information content (AvgIpc) is 3.24. The zero-order valence-corrected chi connectivity index (χ0v) is 16.5. The molecule has 4 heterocycles. The fourth-order valence-corrected chi connectivity index (χ4v) is 4.57. The van der Waals surface area contributed by atoms with Gasteiger partial charge in [0.15, 0.2) is 0 Å². The Hall–Kier alpha value is -3.16. The molecule has 0 aliphatic carbocycles. The number of H-pyrrole nitrogens is 1. The van der Waals surface area contributed by atoms with Gasteiger partial charge in [0.2, 0.25) is 0 Å². The number of hydrogen-bond acceptors (Lipinski definition) is 6. The van der Waals surface area contributed by atoms with E-state index < -0.39 is 0 Å². The van der Waals surface area contributed by atoms with Crippen molar-refractivity contribution in [1.82, 2.24) is 24.8 Å². The minimum absolute atomic E-state index is 0.0743. The van der Waals surface area contributed by atoms with Gasteiger partial charge < -0.3 is 4.98 Å². The lowest BCUT2D eigenvalue weighted by atomic mass is 10.1. The molecule has 144 valence electrons. The van der Waals surface area contributed by atoms with E-state index in [9.17, 15) is 4.79 Å². The molecule has 0 radical (unpaired) electrons. The molecule has 0 fully saturated rings. The van der Waals surface area contributed by atoms with Gasteiger partial charge >= 0.3 is 0 Å². The third kappa shape index (κ3) is 3.74. The molecule has 1 aliphatic heterocycles. The largest absolute Gasteiger partial charge is 0.306 e. The molecule has 0 saturated carbocycles. The van der Waals surface area contributed by atoms with Crippen molar-refractivity contribution in [2.24, 2.45) is 0 Å². The number of thiophene rings is 1. The second-order valence-corrected chi connectivity index (χ2v) is 8.09. The number of nitrogens with zero attached hydrogens (tertiary/aromatic N) is 4. The van der Waals surface area contributed by atoms with E-state index in [0.29, 0.717) is 12.4 Å². The Labute approximate surface area is 171 Å². The van der Waals surface area contributed by atoms with Crippen LogP contribution in [-0.2, 0) is 19.5 Å². The van der Waals surface area contributed by atoms with Crippen LogP contribution in [0.1, 0.15) is 16.1 Å². The SMILES string of the molecule is O=c1[nH]c(-c2cncnc2)nc2c1CN(Cc1cc(-c3ccccc3)cs1)CC2. The van der Waals surface area contributed by atoms with Crippen molar-refractivity contribution in [1.29, 1.82) is 0 Å². The summed E-state index contributed by atoms with van der Waals surface area (Å²) in [6.45, 7) is 2.33. The van der Waals surface area contributed by atoms with Crippen LogP contribution in [0, 0.1) is 0 Å². The number of benzene rings is 1. The van der Waals surface area contributed by atoms with Crippen molar-refractivity contribution < 1.29 is 0 Å². The summed E-state index contributed by atoms with van der Waals surface area (Å²) in [6, 6.07) is 12.7. The second-order valence-electron chi connectivity index (χ2n) is 7.10. The fourth-order valence-electron chi connectivity index (χ4n) is 3.64. The van der Waals surface area contributed by atoms with E-state index in [-0.39, 0.29) is 5.56 Å². The van der Waals surface area contributed by atoms with Crippen LogP contribution in [0.2, 0.25) is 0 Å². The average molecular weight is 401 g/mol. The molecular formula is C22H19N5OS. The van der Waals surface area contributed by atoms with Gasteiger partial charge in [-0.3, -0.25) is 9.69 Å². The van der Waals surface area contributed by atoms with Crippen LogP contribution in [0.25, 0.3) is 22.5 Å². The molecule has 1 aliphatic rings. The quantitative estimate of drug-likeness (QED) is 0.566. The highest BCUT2D eigenvalue weighted by Crippen LogP contribution is 2.27. The normalized spacial score (nSPS) is 13.9. The summed E-state index contributed by atoms with van der Waals surface area (Å²) in [7, 11) is 0. The summed E-state index contributed by atoms with van der Waals surface area (Å²) >= 11 is 1.77. The van der Waals surface area contributed by atoms with Gasteiger partial charge in [0.05, 0.1) is 16.8 Å². The maximum absolute atomic E-state index is 12.7. The maximum Gasteiger partial charge on any atom is 0.255 e. The third-order valence-corrected chi connectivity index (χ3v) is 6.04. The first kappa shape index (κ1) is 17.9. The standard InChI is InChI=1S/C22H19N5OS/c28-22-19-12-27(11-18-8-16(13-29-18)15-4-2-1-3-5-15)7-6-20(19)25-21(26-22)17-9-23-14-24-10-17/h1-5,8-10,13-14H,6-7,11-12H2,(H,25,26,28). The Kier molecular flexibility index (Phi) is 4.75. The van der Waals surface area contributed by atoms with E-state index in [4.69, 9.17) is 0 Å². The van der Waals surface area contributed by atoms with Gasteiger partial charge in [-0.1, -0.05) is 30.3 Å². The molecule has 0 unspecified atom stereocenters. The van der Waals surface area contributed by atoms with Gasteiger partial charge in [0.25, 0.3) is 5.56 Å². The molecular weight excluding hydrogens is 382 g/mol. The highest BCUT2D eigenvalue weighted by atomic mass is 32.1. The van der Waals surface area contributed by atoms with Crippen LogP contribution < -0.4 is 5.56 Å². The molecule has 5 rings (SSSR count). The zero-order chi connectivity index (χ0) is 19.6. The van der Waals surface area contributed by atoms with Crippen LogP contribution in [0.15, 0.2) is 65.3 Å². The van der Waals surface area contributed by atoms with Crippen molar-refractivity contribution in [3.8, 4) is 22.5 Å². The summed E-state index contributed by atoms with van der Waals surface area (Å²) in [5.41, 5.74) is 4.77. The first-order valence-corrected chi connectivity index (χ1v) is 10.4. The van der Waals surface area contributed by atoms with Crippen LogP contribution in [0.4, 0.5) is 0 Å². The van der Waals surface area contributed by atoms with Gasteiger partial charge in [-0.15, -0.1) is 11.3 Å². The Morgan fingerprint density at radius 1 is 1.07 bits per heavy atom. The molecule has 4 aromatic rings. The predicted octanol–water partition coefficient (Wildman–Crippen LogP) is 3.51. The molecule has 0 amide bonds. The maximum atomic E-state index is 12.7. The smallest absolute Gasteiger partial charge is 0.255 e. The number of nitrogens with one attached hydrogen (secondary N) is 1. The first-order chi connectivity index (χ1) is 14.3. The predicted molar refractivity (Wildman–Crippen MR) is 113 cm³/mol. The van der Waals surface area contributed by atoms with Gasteiger partial charge in [0, 0.05) is 43.3 Å². The Bertz CT molecular complexity index is 1190. The number of aromatic amines is 1. The molecule has 0 spiro atoms. The van der Waals surface area contributed by atoms with Gasteiger partial charge in [-0.25, -0.2) is 15.0 Å². The Morgan fingerprint density at radius 2 is 1.90 bits per heavy atom. The number of hydrogen-bond donors (Lipinski definition) is 1. The molecule has 1 aromatic carbocycles. The lowest BCUT2D eigenvalue weighted by Crippen LogP contribution is -2.35. The topological polar surface area (TPSA) is 74.8 Å². The lowest BCUT2D eigenvalue weighted by Gasteiger charge is -2.27. The molecule has 6 nitrogen and oxygen atoms in total. The van der Waals surface area contributed by atoms with E-state index in [1.165, 1.54) is 22.3 Å². The molecule has 1 N–H and O–H groups in total. The Balaban J connectivity index is 1.34. The summed E-state index contributed by atoms with van der Waals surface area (Å²) in [5.74, 6) is 0.536. The van der Waals surface area contributed by atoms with E-state index in [1.54, 1.807) is 23.7 Å². The molecule has 0 atom stereocenters. The third-order valence-electron chi connectivity index (χ3n) is 5.12. The van der Waals surface area contributed by atoms with Gasteiger partial charge in [0.1, 0.15) is 12.2 Å². The highest BCUT2D eigenvalue weighted by molar-refractivity contribution is 7.10. The van der Waals surface area contributed by atoms with Crippen LogP contribution >= 0.6 is 11.3 Å². The molecule has 0 bridgehead atoms. The van der Waals surface area contributed by atoms with Crippen LogP contribution in [0.3, 0.4) is 0 Å². The van der Waals surface area contributed by atoms with Crippen molar-refractivity contribution in [2.75, 3.05) is 6.54 Å². The molecule has 0 saturated heterocycles. The molecule has 3 aromatic heterocycles. The van der Waals surface area contributed by atoms with Crippen molar-refractivity contribution in [3.05, 3.63) is 87.0 Å². The van der Waals surface area contributed by atoms with Crippen molar-refractivity contribution in [2.45, 2.75) is 19.5 Å². The summed E-state index contributed by atoms with van der Waals surface area (Å²) < 4.78 is 0. The number of rotatable bonds is 4. The van der Waals surface area contributed by atoms with E-state index in [2.05, 4.69) is 60.5 Å². The van der Waals surface area contributed by atoms with Crippen molar-refractivity contribution >= 4 is 11.3 Å². The highest BCUT2D eigenvalue weighted by Gasteiger charge is 2.22. The number of fused-ring (bicyclic) bond motifs is 1. The first-order valence-electron chi connectivity index (χ1n) is 9.49. The van der Waals surface area contributed by atoms with Crippen LogP contribution in [0.5, 0.6) is 0 Å². The van der Waals surface area contributed by atoms with Gasteiger partial charge in [-0.05, 0) is 22.6 Å². The molecule has 29 heavy (non-hydrogen) atoms. The summed E-state index contributed by atoms with van der Waals surface area (Å²) in [6.07, 6.45) is 5.55.